The van der Waals surface area contributed by atoms with Gasteiger partial charge >= 0.3 is 92.8 Å². The van der Waals surface area contributed by atoms with Crippen LogP contribution in [0.3, 0.4) is 0 Å². The monoisotopic (exact) mass is 752 g/mol. The zero-order valence-corrected chi connectivity index (χ0v) is 29.6. The van der Waals surface area contributed by atoms with Gasteiger partial charge in [0.05, 0.1) is 19.3 Å². The first kappa shape index (κ1) is 47.7. The first-order valence-corrected chi connectivity index (χ1v) is 13.3. The predicted octanol–water partition coefficient (Wildman–Crippen LogP) is -3.90. The van der Waals surface area contributed by atoms with Gasteiger partial charge in [0.2, 0.25) is 0 Å². The van der Waals surface area contributed by atoms with Gasteiger partial charge in [0.25, 0.3) is 0 Å². The van der Waals surface area contributed by atoms with E-state index in [-0.39, 0.29) is 65.7 Å². The number of ether oxygens (including phenoxy) is 2. The van der Waals surface area contributed by atoms with Crippen molar-refractivity contribution in [2.75, 3.05) is 13.7 Å². The number of esters is 2. The van der Waals surface area contributed by atoms with E-state index < -0.39 is 80.8 Å². The maximum Gasteiger partial charge on any atom is 1.00 e. The second kappa shape index (κ2) is 21.0. The van der Waals surface area contributed by atoms with E-state index >= 15 is 0 Å². The number of carboxylic acids is 1. The Morgan fingerprint density at radius 1 is 0.822 bits per heavy atom. The van der Waals surface area contributed by atoms with Crippen LogP contribution in [-0.2, 0) is 52.0 Å². The van der Waals surface area contributed by atoms with Crippen LogP contribution < -0.4 is 69.6 Å². The molecule has 45 heavy (non-hydrogen) atoms. The van der Waals surface area contributed by atoms with Crippen molar-refractivity contribution in [2.24, 2.45) is 17.3 Å². The van der Waals surface area contributed by atoms with Gasteiger partial charge in [-0.25, -0.2) is 14.4 Å². The zero-order valence-electron chi connectivity index (χ0n) is 23.2. The van der Waals surface area contributed by atoms with Crippen LogP contribution in [0.2, 0.25) is 0 Å². The fourth-order valence-electron chi connectivity index (χ4n) is 5.26. The van der Waals surface area contributed by atoms with E-state index in [2.05, 4.69) is 32.9 Å². The van der Waals surface area contributed by atoms with E-state index in [1.807, 2.05) is 0 Å². The third kappa shape index (κ3) is 15.8. The fraction of sp³-hybridized carbons (Fsp3) is 0.833. The topological polar surface area (TPSA) is 212 Å². The minimum absolute atomic E-state index is 0. The summed E-state index contributed by atoms with van der Waals surface area (Å²) in [7, 11) is 0.757. The maximum absolute atomic E-state index is 13.3. The Balaban J connectivity index is 0. The number of halogens is 7. The second-order valence-corrected chi connectivity index (χ2v) is 11.7. The molecule has 4 aliphatic carbocycles. The third-order valence-electron chi connectivity index (χ3n) is 6.07. The summed E-state index contributed by atoms with van der Waals surface area (Å²) < 4.78 is 103. The molecule has 4 fully saturated rings. The molecule has 15 nitrogen and oxygen atoms in total. The number of methoxy groups -OCH3 is 1. The van der Waals surface area contributed by atoms with Crippen molar-refractivity contribution < 1.29 is 163 Å². The summed E-state index contributed by atoms with van der Waals surface area (Å²) in [6, 6.07) is 0. The van der Waals surface area contributed by atoms with Crippen molar-refractivity contribution in [3.63, 3.8) is 0 Å². The van der Waals surface area contributed by atoms with Crippen molar-refractivity contribution in [3.8, 4) is 0 Å². The number of carbonyl (C=O) groups is 3. The van der Waals surface area contributed by atoms with Crippen LogP contribution in [0.15, 0.2) is 0 Å². The van der Waals surface area contributed by atoms with Crippen molar-refractivity contribution in [1.29, 1.82) is 0 Å². The smallest absolute Gasteiger partial charge is 0.691 e. The number of hydrogen-bond acceptors (Lipinski definition) is 17. The molecule has 4 saturated carbocycles. The van der Waals surface area contributed by atoms with Crippen molar-refractivity contribution in [3.05, 3.63) is 0 Å². The Morgan fingerprint density at radius 3 is 1.67 bits per heavy atom. The van der Waals surface area contributed by atoms with Crippen LogP contribution in [0.25, 0.3) is 0 Å². The van der Waals surface area contributed by atoms with Gasteiger partial charge in [-0.15, -0.1) is 4.33 Å². The number of aliphatic carboxylic acids is 1. The summed E-state index contributed by atoms with van der Waals surface area (Å²) in [4.78, 5) is 31.1. The van der Waals surface area contributed by atoms with E-state index in [1.54, 1.807) is 0 Å². The fourth-order valence-corrected chi connectivity index (χ4v) is 5.95. The number of alkyl halides is 6. The quantitative estimate of drug-likeness (QED) is 0.0434. The summed E-state index contributed by atoms with van der Waals surface area (Å²) >= 11 is -2.36. The number of carbonyl (C=O) groups excluding carboxylic acids is 2. The van der Waals surface area contributed by atoms with E-state index in [4.69, 9.17) is 15.1 Å². The van der Waals surface area contributed by atoms with Gasteiger partial charge in [0.1, 0.15) is 36.1 Å². The summed E-state index contributed by atoms with van der Waals surface area (Å²) in [5.74, 6) is -5.28. The summed E-state index contributed by atoms with van der Waals surface area (Å²) in [6.45, 7) is -0.143. The number of rotatable bonds is 14. The largest absolute Gasteiger partial charge is 1.00 e. The molecule has 0 aromatic rings. The zero-order chi connectivity index (χ0) is 33.1. The van der Waals surface area contributed by atoms with Gasteiger partial charge in [-0.2, -0.15) is 35.0 Å². The Hall–Kier alpha value is 0.610. The van der Waals surface area contributed by atoms with Gasteiger partial charge in [-0.1, -0.05) is 0 Å². The molecule has 0 amide bonds. The number of aliphatic hydroxyl groups is 1. The molecule has 4 rings (SSSR count). The van der Waals surface area contributed by atoms with Crippen LogP contribution in [0, 0.1) is 17.3 Å². The standard InChI is InChI=1S/C13H18F2O6S.C3H3F3O4S.C2H2F2O5S.2Na/c14-13(15,22-21-20-18)10(16)19-7-11-2-8-1-9(3-11)5-12(17,4-8)6-11;1-8-2(7)3(4,5)11-10-9-6;3-2(4,1(5)6)10-9-8-7;;/h8-9,17-18H,1-7H2;1H3;7H,(H,5,6);;/q;;;2*+1/p-2. The summed E-state index contributed by atoms with van der Waals surface area (Å²) in [6.07, 6.45) is 4.62. The minimum atomic E-state index is -4.16. The van der Waals surface area contributed by atoms with E-state index in [0.717, 1.165) is 39.2 Å². The molecule has 0 heterocycles. The number of hydrogen-bond donors (Lipinski definition) is 2. The van der Waals surface area contributed by atoms with Crippen LogP contribution in [0.1, 0.15) is 38.5 Å². The predicted molar refractivity (Wildman–Crippen MR) is 118 cm³/mol. The first-order chi connectivity index (χ1) is 19.8. The minimum Gasteiger partial charge on any atom is -0.691 e. The van der Waals surface area contributed by atoms with Gasteiger partial charge < -0.3 is 30.2 Å². The van der Waals surface area contributed by atoms with E-state index in [1.165, 1.54) is 0 Å². The van der Waals surface area contributed by atoms with Crippen LogP contribution in [0.4, 0.5) is 30.9 Å². The second-order valence-electron chi connectivity index (χ2n) is 9.26. The summed E-state index contributed by atoms with van der Waals surface area (Å²) in [5.41, 5.74) is -1.15. The van der Waals surface area contributed by atoms with E-state index in [9.17, 15) is 55.6 Å². The molecule has 252 valence electrons. The number of carboxylic acid groups (broad SMARTS) is 1. The van der Waals surface area contributed by atoms with Crippen LogP contribution in [0.5, 0.6) is 0 Å². The molecular weight excluding hydrogens is 731 g/mol. The molecule has 2 N–H and O–H groups in total. The van der Waals surface area contributed by atoms with Gasteiger partial charge in [0, 0.05) is 5.41 Å². The molecule has 0 radical (unpaired) electrons. The molecule has 0 aliphatic heterocycles. The maximum atomic E-state index is 13.3. The van der Waals surface area contributed by atoms with Gasteiger partial charge in [-0.3, -0.25) is 10.1 Å². The SMILES string of the molecule is COC(=O)C(F)(F)SOOF.O=C(O)C(F)(F)SOO[O-].O=C(OCC12CC3CC(CC(O)(C3)C1)C2)C(F)(F)SOO[O-].[Na+].[Na+]. The Bertz CT molecular complexity index is 934. The molecule has 4 aliphatic rings. The third-order valence-corrected chi connectivity index (χ3v) is 7.57. The molecule has 0 saturated heterocycles. The Morgan fingerprint density at radius 2 is 1.27 bits per heavy atom. The van der Waals surface area contributed by atoms with Crippen molar-refractivity contribution >= 4 is 54.0 Å². The van der Waals surface area contributed by atoms with Crippen LogP contribution >= 0.6 is 36.1 Å². The Kier molecular flexibility index (Phi) is 22.2. The first-order valence-electron chi connectivity index (χ1n) is 11.1. The van der Waals surface area contributed by atoms with Crippen molar-refractivity contribution in [2.45, 2.75) is 59.9 Å². The molecule has 2 unspecified atom stereocenters. The average Bonchev–Trinajstić information content (AvgIpc) is 2.91. The Labute approximate surface area is 305 Å². The average molecular weight is 753 g/mol. The molecular formula is C18H21F7Na2O15S3. The summed E-state index contributed by atoms with van der Waals surface area (Å²) in [5, 5.41) is 32.2. The normalized spacial score (nSPS) is 24.9. The van der Waals surface area contributed by atoms with E-state index in [0.29, 0.717) is 18.3 Å². The molecule has 0 aromatic carbocycles. The van der Waals surface area contributed by atoms with Crippen molar-refractivity contribution in [1.82, 2.24) is 0 Å². The molecule has 0 aromatic heterocycles. The van der Waals surface area contributed by atoms with Gasteiger partial charge in [0.15, 0.2) is 0 Å². The molecule has 4 bridgehead atoms. The molecule has 2 atom stereocenters. The van der Waals surface area contributed by atoms with Gasteiger partial charge in [-0.05, 0) is 60.0 Å². The molecule has 0 spiro atoms. The van der Waals surface area contributed by atoms with Crippen LogP contribution in [-0.4, -0.2) is 63.2 Å². The molecule has 27 heteroatoms.